The van der Waals surface area contributed by atoms with Crippen molar-refractivity contribution in [3.8, 4) is 0 Å². The van der Waals surface area contributed by atoms with Gasteiger partial charge in [0.1, 0.15) is 17.7 Å². The number of nitrogens with one attached hydrogen (secondary N) is 2. The highest BCUT2D eigenvalue weighted by molar-refractivity contribution is 5.93. The number of β-amino-alcohol motifs (C(OH)–C–C–N with tert-alkyl or cyclic N) is 1. The van der Waals surface area contributed by atoms with Gasteiger partial charge in [0.25, 0.3) is 0 Å². The Balaban J connectivity index is 1.18. The zero-order chi connectivity index (χ0) is 25.6. The van der Waals surface area contributed by atoms with Crippen molar-refractivity contribution in [3.63, 3.8) is 0 Å². The number of pyridine rings is 1. The molecule has 0 bridgehead atoms. The van der Waals surface area contributed by atoms with Crippen LogP contribution in [0.2, 0.25) is 0 Å². The predicted molar refractivity (Wildman–Crippen MR) is 144 cm³/mol. The Morgan fingerprint density at radius 2 is 2.05 bits per heavy atom. The largest absolute Gasteiger partial charge is 0.392 e. The molecule has 2 aromatic rings. The summed E-state index contributed by atoms with van der Waals surface area (Å²) in [5.41, 5.74) is 1.94. The van der Waals surface area contributed by atoms with Crippen molar-refractivity contribution in [1.29, 1.82) is 0 Å². The molecule has 0 aromatic carbocycles. The average molecular weight is 505 g/mol. The monoisotopic (exact) mass is 504 g/mol. The second-order valence-electron chi connectivity index (χ2n) is 11.0. The van der Waals surface area contributed by atoms with Crippen LogP contribution in [-0.2, 0) is 4.79 Å². The molecule has 3 fully saturated rings. The number of carbonyl (C=O) groups excluding carboxylic acids is 1. The van der Waals surface area contributed by atoms with E-state index in [2.05, 4.69) is 48.3 Å². The number of piperazine rings is 2. The molecule has 0 radical (unpaired) electrons. The molecule has 1 saturated carbocycles. The van der Waals surface area contributed by atoms with E-state index in [1.807, 2.05) is 37.5 Å². The highest BCUT2D eigenvalue weighted by Crippen LogP contribution is 2.43. The van der Waals surface area contributed by atoms with E-state index < -0.39 is 0 Å². The van der Waals surface area contributed by atoms with E-state index in [0.29, 0.717) is 30.9 Å². The molecule has 1 amide bonds. The summed E-state index contributed by atoms with van der Waals surface area (Å²) >= 11 is 0. The van der Waals surface area contributed by atoms with E-state index in [1.165, 1.54) is 12.8 Å². The number of fused-ring (bicyclic) bond motifs is 4. The van der Waals surface area contributed by atoms with Crippen molar-refractivity contribution in [3.05, 3.63) is 36.2 Å². The smallest absolute Gasteiger partial charge is 0.246 e. The maximum atomic E-state index is 12.7. The molecule has 10 nitrogen and oxygen atoms in total. The third-order valence-corrected chi connectivity index (χ3v) is 8.28. The van der Waals surface area contributed by atoms with Crippen LogP contribution in [0.5, 0.6) is 0 Å². The summed E-state index contributed by atoms with van der Waals surface area (Å²) in [6.45, 7) is 8.13. The number of hydrogen-bond acceptors (Lipinski definition) is 9. The molecule has 2 aromatic heterocycles. The van der Waals surface area contributed by atoms with E-state index in [-0.39, 0.29) is 23.6 Å². The zero-order valence-electron chi connectivity index (χ0n) is 21.6. The summed E-state index contributed by atoms with van der Waals surface area (Å²) in [6.07, 6.45) is 11.8. The molecule has 5 heterocycles. The first-order valence-electron chi connectivity index (χ1n) is 13.4. The van der Waals surface area contributed by atoms with Crippen LogP contribution in [0.15, 0.2) is 30.6 Å². The van der Waals surface area contributed by atoms with Crippen LogP contribution >= 0.6 is 0 Å². The van der Waals surface area contributed by atoms with Crippen molar-refractivity contribution in [2.45, 2.75) is 63.3 Å². The Kier molecular flexibility index (Phi) is 6.24. The van der Waals surface area contributed by atoms with Gasteiger partial charge in [0.2, 0.25) is 11.9 Å². The van der Waals surface area contributed by atoms with Crippen molar-refractivity contribution in [2.75, 3.05) is 47.8 Å². The first-order chi connectivity index (χ1) is 17.9. The number of amides is 1. The Morgan fingerprint density at radius 3 is 2.78 bits per heavy atom. The molecule has 4 aliphatic rings. The van der Waals surface area contributed by atoms with Gasteiger partial charge in [0, 0.05) is 50.5 Å². The van der Waals surface area contributed by atoms with E-state index in [0.717, 1.165) is 49.5 Å². The highest BCUT2D eigenvalue weighted by atomic mass is 16.3. The Bertz CT molecular complexity index is 1180. The topological polar surface area (TPSA) is 110 Å². The summed E-state index contributed by atoms with van der Waals surface area (Å²) in [6, 6.07) is 4.07. The van der Waals surface area contributed by atoms with Gasteiger partial charge in [-0.2, -0.15) is 4.98 Å². The number of anilines is 4. The number of aliphatic hydroxyl groups is 1. The molecule has 1 spiro atoms. The fourth-order valence-corrected chi connectivity index (χ4v) is 6.38. The number of rotatable bonds is 5. The lowest BCUT2D eigenvalue weighted by Crippen LogP contribution is -2.67. The van der Waals surface area contributed by atoms with Crippen LogP contribution in [0, 0.1) is 0 Å². The van der Waals surface area contributed by atoms with E-state index in [4.69, 9.17) is 4.98 Å². The number of nitrogens with zero attached hydrogens (tertiary/aromatic N) is 6. The molecule has 1 aliphatic carbocycles. The van der Waals surface area contributed by atoms with Gasteiger partial charge in [-0.1, -0.05) is 25.0 Å². The summed E-state index contributed by atoms with van der Waals surface area (Å²) in [4.78, 5) is 33.7. The third-order valence-electron chi connectivity index (χ3n) is 8.28. The maximum absolute atomic E-state index is 12.7. The lowest BCUT2D eigenvalue weighted by Gasteiger charge is -2.50. The van der Waals surface area contributed by atoms with Crippen molar-refractivity contribution < 1.29 is 9.90 Å². The Morgan fingerprint density at radius 1 is 1.22 bits per heavy atom. The van der Waals surface area contributed by atoms with Gasteiger partial charge in [-0.25, -0.2) is 9.97 Å². The molecule has 2 saturated heterocycles. The second-order valence-corrected chi connectivity index (χ2v) is 11.0. The second kappa shape index (κ2) is 9.57. The molecular formula is C27H36N8O2. The molecular weight excluding hydrogens is 468 g/mol. The van der Waals surface area contributed by atoms with Crippen LogP contribution < -0.4 is 20.4 Å². The van der Waals surface area contributed by atoms with Gasteiger partial charge >= 0.3 is 0 Å². The lowest BCUT2D eigenvalue weighted by molar-refractivity contribution is -0.123. The molecule has 37 heavy (non-hydrogen) atoms. The van der Waals surface area contributed by atoms with Gasteiger partial charge < -0.3 is 25.5 Å². The third kappa shape index (κ3) is 4.53. The Hall–Kier alpha value is -3.24. The van der Waals surface area contributed by atoms with Gasteiger partial charge in [-0.15, -0.1) is 0 Å². The summed E-state index contributed by atoms with van der Waals surface area (Å²) in [7, 11) is 0. The first kappa shape index (κ1) is 24.1. The number of aliphatic hydroxyl groups excluding tert-OH is 1. The molecule has 3 aliphatic heterocycles. The summed E-state index contributed by atoms with van der Waals surface area (Å²) in [5.74, 6) is 2.01. The number of carbonyl (C=O) groups is 1. The first-order valence-corrected chi connectivity index (χ1v) is 13.4. The van der Waals surface area contributed by atoms with Crippen LogP contribution in [-0.4, -0.2) is 87.3 Å². The molecule has 196 valence electrons. The Labute approximate surface area is 217 Å². The molecule has 3 N–H and O–H groups in total. The minimum atomic E-state index is -0.331. The van der Waals surface area contributed by atoms with E-state index in [9.17, 15) is 9.90 Å². The normalized spacial score (nSPS) is 25.5. The van der Waals surface area contributed by atoms with Crippen LogP contribution in [0.4, 0.5) is 23.3 Å². The van der Waals surface area contributed by atoms with Crippen LogP contribution in [0.3, 0.4) is 0 Å². The standard InChI is InChI=1S/C27H36N8O2/c1-18-15-34(12-11-33(18)16-19(2)36)21-6-8-23(28-14-21)31-26-29-13-20-5-7-22-25(37)30-17-27(9-3-4-10-27)35(22)24(20)32-26/h5-8,13-14,18-19,22,36H,3-4,9-12,15-17H2,1-2H3,(H,30,37)(H,28,29,31,32)/t18-,19+,22?/m1/s1. The fourth-order valence-electron chi connectivity index (χ4n) is 6.38. The number of aromatic nitrogens is 3. The maximum Gasteiger partial charge on any atom is 0.246 e. The minimum Gasteiger partial charge on any atom is -0.392 e. The van der Waals surface area contributed by atoms with Crippen molar-refractivity contribution in [2.24, 2.45) is 0 Å². The summed E-state index contributed by atoms with van der Waals surface area (Å²) in [5, 5.41) is 16.1. The zero-order valence-corrected chi connectivity index (χ0v) is 21.6. The highest BCUT2D eigenvalue weighted by Gasteiger charge is 2.50. The molecule has 1 unspecified atom stereocenters. The lowest BCUT2D eigenvalue weighted by atomic mass is 9.87. The van der Waals surface area contributed by atoms with Crippen LogP contribution in [0.25, 0.3) is 6.08 Å². The van der Waals surface area contributed by atoms with Crippen molar-refractivity contribution in [1.82, 2.24) is 25.2 Å². The van der Waals surface area contributed by atoms with Gasteiger partial charge in [-0.05, 0) is 38.8 Å². The van der Waals surface area contributed by atoms with Crippen LogP contribution in [0.1, 0.15) is 45.1 Å². The van der Waals surface area contributed by atoms with Gasteiger partial charge in [-0.3, -0.25) is 9.69 Å². The minimum absolute atomic E-state index is 0.0332. The number of hydrogen-bond donors (Lipinski definition) is 3. The van der Waals surface area contributed by atoms with E-state index in [1.54, 1.807) is 0 Å². The summed E-state index contributed by atoms with van der Waals surface area (Å²) < 4.78 is 0. The predicted octanol–water partition coefficient (Wildman–Crippen LogP) is 2.15. The van der Waals surface area contributed by atoms with Crippen molar-refractivity contribution >= 4 is 35.3 Å². The molecule has 10 heteroatoms. The SMILES string of the molecule is C[C@H](O)CN1CCN(c2ccc(Nc3ncc4c(n3)N3C(C=C4)C(=O)NCC34CCCC4)nc2)C[C@H]1C. The van der Waals surface area contributed by atoms with E-state index >= 15 is 0 Å². The fraction of sp³-hybridized carbons (Fsp3) is 0.556. The quantitative estimate of drug-likeness (QED) is 0.564. The van der Waals surface area contributed by atoms with Gasteiger partial charge in [0.05, 0.1) is 23.5 Å². The average Bonchev–Trinajstić information content (AvgIpc) is 3.36. The molecule has 3 atom stereocenters. The molecule has 6 rings (SSSR count). The van der Waals surface area contributed by atoms with Gasteiger partial charge in [0.15, 0.2) is 0 Å².